The van der Waals surface area contributed by atoms with Gasteiger partial charge in [0.15, 0.2) is 5.60 Å². The Morgan fingerprint density at radius 3 is 2.35 bits per heavy atom. The summed E-state index contributed by atoms with van der Waals surface area (Å²) in [7, 11) is 1.42. The maximum absolute atomic E-state index is 12.3. The maximum Gasteiger partial charge on any atom is 0.305 e. The molecule has 0 amide bonds. The zero-order valence-electron chi connectivity index (χ0n) is 14.7. The Morgan fingerprint density at radius 2 is 1.78 bits per heavy atom. The topological polar surface area (TPSA) is 71.1 Å². The first-order chi connectivity index (χ1) is 10.8. The first kappa shape index (κ1) is 18.4. The molecule has 1 saturated carbocycles. The number of hydrogen-bond acceptors (Lipinski definition) is 6. The number of carbonyl (C=O) groups is 2. The third-order valence-electron chi connectivity index (χ3n) is 5.32. The Balaban J connectivity index is 2.54. The predicted molar refractivity (Wildman–Crippen MR) is 82.2 cm³/mol. The summed E-state index contributed by atoms with van der Waals surface area (Å²) in [6.45, 7) is 6.98. The summed E-state index contributed by atoms with van der Waals surface area (Å²) >= 11 is 0. The highest BCUT2D eigenvalue weighted by molar-refractivity contribution is 5.80. The molecule has 132 valence electrons. The van der Waals surface area contributed by atoms with Crippen LogP contribution in [0.3, 0.4) is 0 Å². The van der Waals surface area contributed by atoms with Crippen LogP contribution < -0.4 is 0 Å². The van der Waals surface area contributed by atoms with E-state index < -0.39 is 23.8 Å². The van der Waals surface area contributed by atoms with Crippen LogP contribution in [-0.2, 0) is 28.8 Å². The van der Waals surface area contributed by atoms with E-state index in [1.54, 1.807) is 6.92 Å². The first-order valence-corrected chi connectivity index (χ1v) is 8.37. The number of ether oxygens (including phenoxy) is 2. The second-order valence-electron chi connectivity index (χ2n) is 6.89. The average molecular weight is 328 g/mol. The van der Waals surface area contributed by atoms with Crippen LogP contribution in [0.25, 0.3) is 0 Å². The van der Waals surface area contributed by atoms with Crippen molar-refractivity contribution >= 4 is 11.8 Å². The fraction of sp³-hybridized carbons (Fsp3) is 0.882. The van der Waals surface area contributed by atoms with Gasteiger partial charge >= 0.3 is 5.97 Å². The summed E-state index contributed by atoms with van der Waals surface area (Å²) in [4.78, 5) is 34.7. The van der Waals surface area contributed by atoms with E-state index in [4.69, 9.17) is 19.2 Å². The van der Waals surface area contributed by atoms with Gasteiger partial charge in [0.05, 0.1) is 19.1 Å². The van der Waals surface area contributed by atoms with E-state index in [2.05, 4.69) is 6.92 Å². The van der Waals surface area contributed by atoms with Gasteiger partial charge < -0.3 is 9.47 Å². The quantitative estimate of drug-likeness (QED) is 0.449. The van der Waals surface area contributed by atoms with Gasteiger partial charge in [-0.3, -0.25) is 9.59 Å². The van der Waals surface area contributed by atoms with Crippen LogP contribution in [0.2, 0.25) is 0 Å². The van der Waals surface area contributed by atoms with E-state index in [1.165, 1.54) is 14.0 Å². The van der Waals surface area contributed by atoms with Crippen molar-refractivity contribution in [1.82, 2.24) is 0 Å². The maximum atomic E-state index is 12.3. The average Bonchev–Trinajstić information content (AvgIpc) is 2.57. The zero-order chi connectivity index (χ0) is 17.2. The lowest BCUT2D eigenvalue weighted by molar-refractivity contribution is -0.419. The fourth-order valence-corrected chi connectivity index (χ4v) is 4.30. The molecule has 23 heavy (non-hydrogen) atoms. The molecular weight excluding hydrogens is 300 g/mol. The van der Waals surface area contributed by atoms with Crippen molar-refractivity contribution in [3.05, 3.63) is 0 Å². The van der Waals surface area contributed by atoms with Crippen LogP contribution in [0.5, 0.6) is 0 Å². The highest BCUT2D eigenvalue weighted by Gasteiger charge is 2.62. The minimum atomic E-state index is -1.09. The summed E-state index contributed by atoms with van der Waals surface area (Å²) < 4.78 is 11.5. The van der Waals surface area contributed by atoms with E-state index in [0.29, 0.717) is 12.3 Å². The van der Waals surface area contributed by atoms with E-state index in [1.807, 2.05) is 6.92 Å². The SMILES string of the molecule is COOC12C(OC(C)=O)OC(C)CCC1C(C)CCC2C(C)=O. The lowest BCUT2D eigenvalue weighted by Crippen LogP contribution is -2.63. The summed E-state index contributed by atoms with van der Waals surface area (Å²) in [5, 5.41) is 0. The van der Waals surface area contributed by atoms with Gasteiger partial charge in [-0.2, -0.15) is 0 Å². The van der Waals surface area contributed by atoms with Crippen molar-refractivity contribution in [1.29, 1.82) is 0 Å². The standard InChI is InChI=1S/C17H28O6/c1-10-6-8-15(12(3)18)17(23-20-5)14(10)9-7-11(2)21-16(17)22-13(4)19/h10-11,14-16H,6-9H2,1-5H3. The van der Waals surface area contributed by atoms with Crippen LogP contribution >= 0.6 is 0 Å². The Hall–Kier alpha value is -0.980. The Bertz CT molecular complexity index is 450. The molecule has 0 aromatic carbocycles. The molecule has 1 saturated heterocycles. The number of Topliss-reactive ketones (excluding diaryl/α,β-unsaturated/α-hetero) is 1. The van der Waals surface area contributed by atoms with Gasteiger partial charge in [-0.05, 0) is 45.4 Å². The molecular formula is C17H28O6. The van der Waals surface area contributed by atoms with Gasteiger partial charge in [0.1, 0.15) is 5.78 Å². The number of ketones is 1. The molecule has 0 aromatic rings. The number of carbonyl (C=O) groups excluding carboxylic acids is 2. The van der Waals surface area contributed by atoms with Crippen molar-refractivity contribution in [3.63, 3.8) is 0 Å². The van der Waals surface area contributed by atoms with Crippen molar-refractivity contribution in [2.75, 3.05) is 7.11 Å². The molecule has 1 aliphatic heterocycles. The molecule has 1 aliphatic carbocycles. The second-order valence-corrected chi connectivity index (χ2v) is 6.89. The first-order valence-electron chi connectivity index (χ1n) is 8.37. The molecule has 0 N–H and O–H groups in total. The number of rotatable bonds is 4. The highest BCUT2D eigenvalue weighted by atomic mass is 17.2. The summed E-state index contributed by atoms with van der Waals surface area (Å²) in [6.07, 6.45) is 2.25. The van der Waals surface area contributed by atoms with E-state index >= 15 is 0 Å². The summed E-state index contributed by atoms with van der Waals surface area (Å²) in [5.74, 6) is -0.512. The number of fused-ring (bicyclic) bond motifs is 1. The van der Waals surface area contributed by atoms with Crippen LogP contribution in [-0.4, -0.2) is 36.9 Å². The summed E-state index contributed by atoms with van der Waals surface area (Å²) in [6, 6.07) is 0. The molecule has 6 heteroatoms. The van der Waals surface area contributed by atoms with Crippen LogP contribution in [0.4, 0.5) is 0 Å². The Morgan fingerprint density at radius 1 is 1.09 bits per heavy atom. The van der Waals surface area contributed by atoms with Crippen LogP contribution in [0.1, 0.15) is 53.4 Å². The number of esters is 1. The van der Waals surface area contributed by atoms with E-state index in [9.17, 15) is 9.59 Å². The molecule has 0 radical (unpaired) electrons. The van der Waals surface area contributed by atoms with E-state index in [-0.39, 0.29) is 17.8 Å². The Labute approximate surface area is 137 Å². The van der Waals surface area contributed by atoms with Crippen molar-refractivity contribution < 1.29 is 28.8 Å². The second kappa shape index (κ2) is 7.28. The third-order valence-corrected chi connectivity index (χ3v) is 5.32. The minimum Gasteiger partial charge on any atom is -0.433 e. The monoisotopic (exact) mass is 328 g/mol. The lowest BCUT2D eigenvalue weighted by atomic mass is 9.61. The van der Waals surface area contributed by atoms with E-state index in [0.717, 1.165) is 19.3 Å². The predicted octanol–water partition coefficient (Wildman–Crippen LogP) is 2.64. The molecule has 6 atom stereocenters. The van der Waals surface area contributed by atoms with Crippen LogP contribution in [0.15, 0.2) is 0 Å². The van der Waals surface area contributed by atoms with Gasteiger partial charge in [-0.15, -0.1) is 0 Å². The highest BCUT2D eigenvalue weighted by Crippen LogP contribution is 2.51. The van der Waals surface area contributed by atoms with Gasteiger partial charge in [0.2, 0.25) is 6.29 Å². The summed E-state index contributed by atoms with van der Waals surface area (Å²) in [5.41, 5.74) is -1.09. The number of hydrogen-bond donors (Lipinski definition) is 0. The van der Waals surface area contributed by atoms with Gasteiger partial charge in [-0.25, -0.2) is 9.78 Å². The molecule has 2 aliphatic rings. The molecule has 1 heterocycles. The lowest BCUT2D eigenvalue weighted by Gasteiger charge is -2.50. The Kier molecular flexibility index (Phi) is 5.81. The third kappa shape index (κ3) is 3.44. The molecule has 2 fully saturated rings. The van der Waals surface area contributed by atoms with Gasteiger partial charge in [0.25, 0.3) is 0 Å². The van der Waals surface area contributed by atoms with Gasteiger partial charge in [-0.1, -0.05) is 6.92 Å². The molecule has 6 nitrogen and oxygen atoms in total. The normalized spacial score (nSPS) is 40.8. The fourth-order valence-electron chi connectivity index (χ4n) is 4.30. The largest absolute Gasteiger partial charge is 0.433 e. The molecule has 0 bridgehead atoms. The minimum absolute atomic E-state index is 0.00857. The van der Waals surface area contributed by atoms with Crippen molar-refractivity contribution in [3.8, 4) is 0 Å². The molecule has 0 spiro atoms. The van der Waals surface area contributed by atoms with Crippen LogP contribution in [0, 0.1) is 17.8 Å². The molecule has 2 rings (SSSR count). The van der Waals surface area contributed by atoms with Gasteiger partial charge in [0, 0.05) is 12.8 Å². The van der Waals surface area contributed by atoms with Crippen molar-refractivity contribution in [2.24, 2.45) is 17.8 Å². The molecule has 6 unspecified atom stereocenters. The zero-order valence-corrected chi connectivity index (χ0v) is 14.7. The molecule has 0 aromatic heterocycles. The van der Waals surface area contributed by atoms with Crippen molar-refractivity contribution in [2.45, 2.75) is 71.4 Å². The smallest absolute Gasteiger partial charge is 0.305 e.